The van der Waals surface area contributed by atoms with Crippen LogP contribution in [-0.2, 0) is 21.8 Å². The van der Waals surface area contributed by atoms with Gasteiger partial charge in [-0.25, -0.2) is 0 Å². The SMILES string of the molecule is C1CCOC1.[Br-].[CH3-].[Mn+2]. The van der Waals surface area contributed by atoms with Gasteiger partial charge >= 0.3 is 17.1 Å². The first-order valence-electron chi connectivity index (χ1n) is 2.08. The van der Waals surface area contributed by atoms with E-state index in [2.05, 4.69) is 0 Å². The van der Waals surface area contributed by atoms with Crippen molar-refractivity contribution in [1.82, 2.24) is 0 Å². The summed E-state index contributed by atoms with van der Waals surface area (Å²) in [5.41, 5.74) is 0. The third-order valence-electron chi connectivity index (χ3n) is 0.827. The zero-order chi connectivity index (χ0) is 3.54. The molecule has 51 valence electrons. The van der Waals surface area contributed by atoms with E-state index in [-0.39, 0.29) is 41.5 Å². The van der Waals surface area contributed by atoms with Crippen LogP contribution in [0.4, 0.5) is 0 Å². The van der Waals surface area contributed by atoms with Gasteiger partial charge in [0.2, 0.25) is 0 Å². The molecule has 1 heterocycles. The van der Waals surface area contributed by atoms with Gasteiger partial charge in [-0.3, -0.25) is 0 Å². The zero-order valence-electron chi connectivity index (χ0n) is 4.99. The summed E-state index contributed by atoms with van der Waals surface area (Å²) >= 11 is 0. The molecule has 1 aliphatic rings. The third-order valence-corrected chi connectivity index (χ3v) is 0.827. The van der Waals surface area contributed by atoms with Gasteiger partial charge in [0, 0.05) is 13.2 Å². The summed E-state index contributed by atoms with van der Waals surface area (Å²) in [4.78, 5) is 0. The van der Waals surface area contributed by atoms with Crippen molar-refractivity contribution in [2.45, 2.75) is 12.8 Å². The van der Waals surface area contributed by atoms with E-state index in [9.17, 15) is 0 Å². The fourth-order valence-electron chi connectivity index (χ4n) is 0.510. The summed E-state index contributed by atoms with van der Waals surface area (Å²) in [5, 5.41) is 0. The molecular formula is C5H11BrMnO. The maximum atomic E-state index is 4.94. The van der Waals surface area contributed by atoms with Gasteiger partial charge in [-0.15, -0.1) is 0 Å². The molecule has 3 heteroatoms. The third kappa shape index (κ3) is 6.96. The molecule has 0 aromatic rings. The summed E-state index contributed by atoms with van der Waals surface area (Å²) in [7, 11) is 0. The number of hydrogen-bond acceptors (Lipinski definition) is 1. The minimum Gasteiger partial charge on any atom is -1.00 e. The molecule has 0 saturated carbocycles. The minimum atomic E-state index is 0. The van der Waals surface area contributed by atoms with Gasteiger partial charge in [0.1, 0.15) is 0 Å². The second-order valence-corrected chi connectivity index (χ2v) is 1.32. The Hall–Kier alpha value is 0.959. The van der Waals surface area contributed by atoms with Crippen molar-refractivity contribution in [3.8, 4) is 0 Å². The minimum absolute atomic E-state index is 0. The van der Waals surface area contributed by atoms with Crippen LogP contribution in [0.3, 0.4) is 0 Å². The van der Waals surface area contributed by atoms with Crippen molar-refractivity contribution in [1.29, 1.82) is 0 Å². The topological polar surface area (TPSA) is 9.23 Å². The molecule has 0 aromatic heterocycles. The van der Waals surface area contributed by atoms with E-state index in [4.69, 9.17) is 4.74 Å². The summed E-state index contributed by atoms with van der Waals surface area (Å²) in [6.45, 7) is 2.00. The van der Waals surface area contributed by atoms with E-state index >= 15 is 0 Å². The maximum absolute atomic E-state index is 4.94. The monoisotopic (exact) mass is 221 g/mol. The van der Waals surface area contributed by atoms with Crippen molar-refractivity contribution < 1.29 is 38.8 Å². The molecule has 0 spiro atoms. The zero-order valence-corrected chi connectivity index (χ0v) is 7.76. The van der Waals surface area contributed by atoms with Crippen LogP contribution in [0.25, 0.3) is 0 Å². The van der Waals surface area contributed by atoms with Gasteiger partial charge in [0.25, 0.3) is 0 Å². The molecule has 0 bridgehead atoms. The normalized spacial score (nSPS) is 15.0. The first-order chi connectivity index (χ1) is 2.50. The first kappa shape index (κ1) is 16.0. The van der Waals surface area contributed by atoms with Crippen LogP contribution in [0.2, 0.25) is 0 Å². The molecule has 1 saturated heterocycles. The molecular weight excluding hydrogens is 211 g/mol. The maximum Gasteiger partial charge on any atom is 2.00 e. The van der Waals surface area contributed by atoms with E-state index in [1.807, 2.05) is 0 Å². The molecule has 0 atom stereocenters. The van der Waals surface area contributed by atoms with Crippen molar-refractivity contribution in [2.24, 2.45) is 0 Å². The molecule has 0 aromatic carbocycles. The fraction of sp³-hybridized carbons (Fsp3) is 0.800. The Morgan fingerprint density at radius 1 is 1.00 bits per heavy atom. The van der Waals surface area contributed by atoms with Crippen LogP contribution in [0, 0.1) is 7.43 Å². The van der Waals surface area contributed by atoms with Gasteiger partial charge in [0.15, 0.2) is 0 Å². The van der Waals surface area contributed by atoms with Crippen molar-refractivity contribution >= 4 is 0 Å². The van der Waals surface area contributed by atoms with Crippen molar-refractivity contribution in [2.75, 3.05) is 13.2 Å². The molecule has 1 rings (SSSR count). The molecule has 8 heavy (non-hydrogen) atoms. The van der Waals surface area contributed by atoms with E-state index in [1.54, 1.807) is 0 Å². The van der Waals surface area contributed by atoms with Gasteiger partial charge in [-0.1, -0.05) is 0 Å². The largest absolute Gasteiger partial charge is 2.00 e. The Kier molecular flexibility index (Phi) is 21.7. The number of ether oxygens (including phenoxy) is 1. The van der Waals surface area contributed by atoms with Gasteiger partial charge < -0.3 is 29.1 Å². The fourth-order valence-corrected chi connectivity index (χ4v) is 0.510. The Bertz CT molecular complexity index is 24.0. The van der Waals surface area contributed by atoms with Crippen molar-refractivity contribution in [3.05, 3.63) is 7.43 Å². The molecule has 1 radical (unpaired) electrons. The smallest absolute Gasteiger partial charge is 1.00 e. The standard InChI is InChI=1S/C4H8O.CH3.BrH.Mn/c1-2-4-5-3-1;;;/h1-4H2;1H3;1H;/q;-1;;+2/p-1. The van der Waals surface area contributed by atoms with Gasteiger partial charge in [0.05, 0.1) is 0 Å². The van der Waals surface area contributed by atoms with Crippen LogP contribution in [0.1, 0.15) is 12.8 Å². The van der Waals surface area contributed by atoms with Crippen molar-refractivity contribution in [3.63, 3.8) is 0 Å². The second kappa shape index (κ2) is 10.9. The summed E-state index contributed by atoms with van der Waals surface area (Å²) < 4.78 is 4.94. The summed E-state index contributed by atoms with van der Waals surface area (Å²) in [5.74, 6) is 0. The van der Waals surface area contributed by atoms with E-state index in [1.165, 1.54) is 12.8 Å². The molecule has 0 amide bonds. The molecule has 1 nitrogen and oxygen atoms in total. The Morgan fingerprint density at radius 2 is 1.38 bits per heavy atom. The molecule has 0 aliphatic carbocycles. The van der Waals surface area contributed by atoms with Gasteiger partial charge in [-0.05, 0) is 12.8 Å². The van der Waals surface area contributed by atoms with Crippen LogP contribution in [0.15, 0.2) is 0 Å². The molecule has 1 aliphatic heterocycles. The molecule has 1 fully saturated rings. The van der Waals surface area contributed by atoms with Crippen LogP contribution in [0.5, 0.6) is 0 Å². The van der Waals surface area contributed by atoms with Crippen LogP contribution in [-0.4, -0.2) is 13.2 Å². The first-order valence-corrected chi connectivity index (χ1v) is 2.08. The number of halogens is 1. The summed E-state index contributed by atoms with van der Waals surface area (Å²) in [6.07, 6.45) is 2.56. The quantitative estimate of drug-likeness (QED) is 0.349. The number of rotatable bonds is 0. The van der Waals surface area contributed by atoms with E-state index in [0.717, 1.165) is 13.2 Å². The molecule has 0 unspecified atom stereocenters. The predicted octanol–water partition coefficient (Wildman–Crippen LogP) is -1.75. The van der Waals surface area contributed by atoms with E-state index < -0.39 is 0 Å². The van der Waals surface area contributed by atoms with Crippen LogP contribution < -0.4 is 17.0 Å². The second-order valence-electron chi connectivity index (χ2n) is 1.32. The Morgan fingerprint density at radius 3 is 1.50 bits per heavy atom. The average molecular weight is 222 g/mol. The predicted molar refractivity (Wildman–Crippen MR) is 26.5 cm³/mol. The Labute approximate surface area is 72.4 Å². The molecule has 0 N–H and O–H groups in total. The number of hydrogen-bond donors (Lipinski definition) is 0. The van der Waals surface area contributed by atoms with E-state index in [0.29, 0.717) is 0 Å². The Balaban J connectivity index is -0.0000000833. The average Bonchev–Trinajstić information content (AvgIpc) is 1.76. The van der Waals surface area contributed by atoms with Gasteiger partial charge in [-0.2, -0.15) is 0 Å². The summed E-state index contributed by atoms with van der Waals surface area (Å²) in [6, 6.07) is 0. The van der Waals surface area contributed by atoms with Crippen LogP contribution >= 0.6 is 0 Å².